The number of benzene rings is 2. The van der Waals surface area contributed by atoms with Crippen molar-refractivity contribution < 1.29 is 19.1 Å². The fourth-order valence-corrected chi connectivity index (χ4v) is 6.54. The maximum atomic E-state index is 13.5. The number of rotatable bonds is 5. The molecule has 0 spiro atoms. The molecule has 0 saturated carbocycles. The average molecular weight is 505 g/mol. The first-order chi connectivity index (χ1) is 17.1. The first kappa shape index (κ1) is 25.6. The van der Waals surface area contributed by atoms with Gasteiger partial charge in [0.2, 0.25) is 0 Å². The molecular weight excluding hydrogens is 472 g/mol. The van der Waals surface area contributed by atoms with Crippen LogP contribution in [0.5, 0.6) is 0 Å². The highest BCUT2D eigenvalue weighted by Crippen LogP contribution is 2.49. The molecule has 3 aromatic rings. The minimum atomic E-state index is -0.845. The number of hydrogen-bond donors (Lipinski definition) is 1. The quantitative estimate of drug-likeness (QED) is 0.458. The predicted octanol–water partition coefficient (Wildman–Crippen LogP) is 5.57. The Balaban J connectivity index is 1.95. The summed E-state index contributed by atoms with van der Waals surface area (Å²) in [6.45, 7) is 10.0. The normalized spacial score (nSPS) is 21.6. The molecule has 2 heterocycles. The molecular formula is C29H32N2O4S. The fraction of sp³-hybridized carbons (Fsp3) is 0.345. The number of carbonyl (C=O) groups excluding carboxylic acids is 2. The minimum absolute atomic E-state index is 0.388. The Morgan fingerprint density at radius 2 is 1.64 bits per heavy atom. The van der Waals surface area contributed by atoms with Crippen molar-refractivity contribution in [1.82, 2.24) is 10.3 Å². The van der Waals surface area contributed by atoms with Crippen LogP contribution in [0.2, 0.25) is 0 Å². The monoisotopic (exact) mass is 504 g/mol. The van der Waals surface area contributed by atoms with E-state index < -0.39 is 29.3 Å². The van der Waals surface area contributed by atoms with Crippen LogP contribution in [0.3, 0.4) is 0 Å². The Kier molecular flexibility index (Phi) is 7.05. The number of esters is 2. The second-order valence-corrected chi connectivity index (χ2v) is 10.4. The van der Waals surface area contributed by atoms with Crippen molar-refractivity contribution in [3.8, 4) is 11.3 Å². The zero-order chi connectivity index (χ0) is 26.2. The summed E-state index contributed by atoms with van der Waals surface area (Å²) in [4.78, 5) is 31.6. The van der Waals surface area contributed by atoms with Gasteiger partial charge in [0, 0.05) is 16.6 Å². The molecule has 1 aliphatic rings. The summed E-state index contributed by atoms with van der Waals surface area (Å²) >= 11 is 1.45. The van der Waals surface area contributed by atoms with Gasteiger partial charge in [0.25, 0.3) is 0 Å². The number of hydrogen-bond acceptors (Lipinski definition) is 7. The summed E-state index contributed by atoms with van der Waals surface area (Å²) in [7, 11) is 2.73. The molecule has 1 N–H and O–H groups in total. The smallest absolute Gasteiger partial charge is 0.336 e. The molecule has 0 amide bonds. The van der Waals surface area contributed by atoms with Gasteiger partial charge in [-0.05, 0) is 51.3 Å². The summed E-state index contributed by atoms with van der Waals surface area (Å²) in [5, 5.41) is 6.13. The third kappa shape index (κ3) is 4.32. The SMILES string of the molecule is COC(=O)C1=C(C)NC(C)(c2ccccc2)C(C(=O)OC)C1c1nc(-c2c(C)cc(C)cc2C)cs1. The number of aryl methyl sites for hydroxylation is 3. The molecule has 0 fully saturated rings. The van der Waals surface area contributed by atoms with Gasteiger partial charge in [-0.1, -0.05) is 48.0 Å². The maximum absolute atomic E-state index is 13.5. The Morgan fingerprint density at radius 1 is 1.00 bits per heavy atom. The van der Waals surface area contributed by atoms with E-state index in [2.05, 4.69) is 38.2 Å². The van der Waals surface area contributed by atoms with Gasteiger partial charge in [0.05, 0.1) is 42.9 Å². The summed E-state index contributed by atoms with van der Waals surface area (Å²) < 4.78 is 10.5. The van der Waals surface area contributed by atoms with Crippen LogP contribution in [0.25, 0.3) is 11.3 Å². The zero-order valence-electron chi connectivity index (χ0n) is 21.8. The Morgan fingerprint density at radius 3 is 2.22 bits per heavy atom. The number of thiazole rings is 1. The van der Waals surface area contributed by atoms with E-state index in [4.69, 9.17) is 14.5 Å². The van der Waals surface area contributed by atoms with Crippen LogP contribution in [0.15, 0.2) is 59.1 Å². The van der Waals surface area contributed by atoms with Crippen LogP contribution < -0.4 is 5.32 Å². The topological polar surface area (TPSA) is 77.5 Å². The number of carbonyl (C=O) groups is 2. The van der Waals surface area contributed by atoms with Gasteiger partial charge >= 0.3 is 11.9 Å². The molecule has 3 unspecified atom stereocenters. The highest BCUT2D eigenvalue weighted by Gasteiger charge is 2.54. The molecule has 0 aliphatic carbocycles. The van der Waals surface area contributed by atoms with Crippen molar-refractivity contribution in [2.45, 2.75) is 46.1 Å². The first-order valence-corrected chi connectivity index (χ1v) is 12.7. The molecule has 0 bridgehead atoms. The molecule has 1 aromatic heterocycles. The van der Waals surface area contributed by atoms with Crippen LogP contribution in [-0.2, 0) is 24.6 Å². The van der Waals surface area contributed by atoms with Crippen molar-refractivity contribution in [2.75, 3.05) is 14.2 Å². The summed E-state index contributed by atoms with van der Waals surface area (Å²) in [6.07, 6.45) is 0. The molecule has 6 nitrogen and oxygen atoms in total. The number of allylic oxidation sites excluding steroid dienone is 1. The highest BCUT2D eigenvalue weighted by molar-refractivity contribution is 7.10. The molecule has 0 saturated heterocycles. The standard InChI is InChI=1S/C29H32N2O4S/c1-16-13-17(2)22(18(3)14-16)21-15-36-26(30-21)24-23(27(32)34-6)19(4)31-29(5,25(24)28(33)35-7)20-11-9-8-10-12-20/h8-15,24-25,31H,1-7H3. The van der Waals surface area contributed by atoms with Gasteiger partial charge in [-0.25, -0.2) is 9.78 Å². The lowest BCUT2D eigenvalue weighted by Crippen LogP contribution is -2.55. The first-order valence-electron chi connectivity index (χ1n) is 11.9. The van der Waals surface area contributed by atoms with E-state index in [-0.39, 0.29) is 0 Å². The molecule has 3 atom stereocenters. The zero-order valence-corrected chi connectivity index (χ0v) is 22.6. The van der Waals surface area contributed by atoms with Crippen molar-refractivity contribution >= 4 is 23.3 Å². The largest absolute Gasteiger partial charge is 0.469 e. The maximum Gasteiger partial charge on any atom is 0.336 e. The second-order valence-electron chi connectivity index (χ2n) is 9.55. The van der Waals surface area contributed by atoms with Gasteiger partial charge < -0.3 is 14.8 Å². The van der Waals surface area contributed by atoms with E-state index in [1.165, 1.54) is 31.1 Å². The number of aromatic nitrogens is 1. The van der Waals surface area contributed by atoms with Gasteiger partial charge in [-0.15, -0.1) is 11.3 Å². The molecule has 1 aliphatic heterocycles. The van der Waals surface area contributed by atoms with Crippen LogP contribution >= 0.6 is 11.3 Å². The van der Waals surface area contributed by atoms with E-state index in [0.29, 0.717) is 16.3 Å². The Bertz CT molecular complexity index is 1320. The summed E-state index contributed by atoms with van der Waals surface area (Å²) in [5.41, 5.74) is 6.46. The van der Waals surface area contributed by atoms with E-state index in [1.54, 1.807) is 0 Å². The third-order valence-electron chi connectivity index (χ3n) is 7.07. The van der Waals surface area contributed by atoms with E-state index in [0.717, 1.165) is 27.9 Å². The number of methoxy groups -OCH3 is 2. The van der Waals surface area contributed by atoms with Crippen molar-refractivity contribution in [2.24, 2.45) is 5.92 Å². The van der Waals surface area contributed by atoms with Crippen molar-refractivity contribution in [3.05, 3.63) is 86.4 Å². The molecule has 2 aromatic carbocycles. The number of ether oxygens (including phenoxy) is 2. The fourth-order valence-electron chi connectivity index (χ4n) is 5.59. The molecule has 188 valence electrons. The highest BCUT2D eigenvalue weighted by atomic mass is 32.1. The van der Waals surface area contributed by atoms with Crippen LogP contribution in [0.4, 0.5) is 0 Å². The Labute approximate surface area is 216 Å². The van der Waals surface area contributed by atoms with Crippen LogP contribution in [0, 0.1) is 26.7 Å². The van der Waals surface area contributed by atoms with E-state index in [9.17, 15) is 9.59 Å². The lowest BCUT2D eigenvalue weighted by molar-refractivity contribution is -0.150. The lowest BCUT2D eigenvalue weighted by Gasteiger charge is -2.46. The van der Waals surface area contributed by atoms with Gasteiger partial charge in [-0.2, -0.15) is 0 Å². The molecule has 0 radical (unpaired) electrons. The average Bonchev–Trinajstić information content (AvgIpc) is 3.32. The minimum Gasteiger partial charge on any atom is -0.469 e. The second kappa shape index (κ2) is 9.90. The molecule has 36 heavy (non-hydrogen) atoms. The summed E-state index contributed by atoms with van der Waals surface area (Å²) in [6, 6.07) is 14.0. The van der Waals surface area contributed by atoms with E-state index >= 15 is 0 Å². The van der Waals surface area contributed by atoms with Crippen molar-refractivity contribution in [3.63, 3.8) is 0 Å². The number of nitrogens with one attached hydrogen (secondary N) is 1. The van der Waals surface area contributed by atoms with Gasteiger partial charge in [0.1, 0.15) is 5.01 Å². The van der Waals surface area contributed by atoms with Crippen LogP contribution in [0.1, 0.15) is 47.0 Å². The number of nitrogens with zero attached hydrogens (tertiary/aromatic N) is 1. The predicted molar refractivity (Wildman–Crippen MR) is 142 cm³/mol. The van der Waals surface area contributed by atoms with E-state index in [1.807, 2.05) is 49.6 Å². The third-order valence-corrected chi connectivity index (χ3v) is 8.00. The Hall–Kier alpha value is -3.45. The molecule has 4 rings (SSSR count). The molecule has 7 heteroatoms. The van der Waals surface area contributed by atoms with Crippen LogP contribution in [-0.4, -0.2) is 31.1 Å². The lowest BCUT2D eigenvalue weighted by atomic mass is 9.67. The van der Waals surface area contributed by atoms with Gasteiger partial charge in [-0.3, -0.25) is 4.79 Å². The summed E-state index contributed by atoms with van der Waals surface area (Å²) in [5.74, 6) is -2.33. The van der Waals surface area contributed by atoms with Gasteiger partial charge in [0.15, 0.2) is 0 Å². The van der Waals surface area contributed by atoms with Crippen molar-refractivity contribution in [1.29, 1.82) is 0 Å².